The van der Waals surface area contributed by atoms with Crippen LogP contribution in [0, 0.1) is 18.7 Å². The van der Waals surface area contributed by atoms with Crippen LogP contribution in [0.15, 0.2) is 36.5 Å². The summed E-state index contributed by atoms with van der Waals surface area (Å²) in [6.45, 7) is 5.26. The number of carbonyl (C=O) groups is 1. The number of nitrogens with zero attached hydrogens (tertiary/aromatic N) is 4. The standard InChI is InChI=1S/C22H23ClFN5OS/c1-13-4-3-11-29(17(13)12-26-18-9-10-25-22(23)28-18)21(30)19-20(31-14(2)27-19)15-5-7-16(24)8-6-15/h5-10,13,17H,3-4,11-12H2,1-2H3,(H,25,26,28). The maximum absolute atomic E-state index is 13.6. The van der Waals surface area contributed by atoms with E-state index < -0.39 is 0 Å². The molecule has 1 aliphatic heterocycles. The number of rotatable bonds is 5. The van der Waals surface area contributed by atoms with Gasteiger partial charge < -0.3 is 10.2 Å². The average molecular weight is 460 g/mol. The minimum Gasteiger partial charge on any atom is -0.368 e. The molecule has 9 heteroatoms. The number of hydrogen-bond donors (Lipinski definition) is 1. The summed E-state index contributed by atoms with van der Waals surface area (Å²) < 4.78 is 13.4. The molecule has 0 aliphatic carbocycles. The summed E-state index contributed by atoms with van der Waals surface area (Å²) in [7, 11) is 0. The van der Waals surface area contributed by atoms with Crippen molar-refractivity contribution in [3.8, 4) is 10.4 Å². The van der Waals surface area contributed by atoms with Gasteiger partial charge in [-0.2, -0.15) is 0 Å². The predicted octanol–water partition coefficient (Wildman–Crippen LogP) is 5.05. The number of anilines is 1. The van der Waals surface area contributed by atoms with Crippen molar-refractivity contribution in [2.75, 3.05) is 18.4 Å². The van der Waals surface area contributed by atoms with E-state index in [0.717, 1.165) is 28.3 Å². The van der Waals surface area contributed by atoms with E-state index in [0.29, 0.717) is 30.5 Å². The van der Waals surface area contributed by atoms with Gasteiger partial charge in [-0.25, -0.2) is 19.3 Å². The molecule has 1 N–H and O–H groups in total. The second kappa shape index (κ2) is 9.28. The number of piperidine rings is 1. The second-order valence-electron chi connectivity index (χ2n) is 7.69. The molecule has 162 valence electrons. The van der Waals surface area contributed by atoms with Crippen LogP contribution in [0.1, 0.15) is 35.3 Å². The molecular formula is C22H23ClFN5OS. The van der Waals surface area contributed by atoms with Gasteiger partial charge in [0.05, 0.1) is 15.9 Å². The van der Waals surface area contributed by atoms with Crippen LogP contribution < -0.4 is 5.32 Å². The molecule has 3 aromatic rings. The monoisotopic (exact) mass is 459 g/mol. The molecule has 4 rings (SSSR count). The van der Waals surface area contributed by atoms with Gasteiger partial charge in [-0.05, 0) is 61.0 Å². The fraction of sp³-hybridized carbons (Fsp3) is 0.364. The highest BCUT2D eigenvalue weighted by atomic mass is 35.5. The highest BCUT2D eigenvalue weighted by Gasteiger charge is 2.34. The van der Waals surface area contributed by atoms with Crippen LogP contribution in [0.5, 0.6) is 0 Å². The predicted molar refractivity (Wildman–Crippen MR) is 121 cm³/mol. The van der Waals surface area contributed by atoms with Crippen molar-refractivity contribution in [1.29, 1.82) is 0 Å². The van der Waals surface area contributed by atoms with Gasteiger partial charge in [0, 0.05) is 19.3 Å². The summed E-state index contributed by atoms with van der Waals surface area (Å²) in [6, 6.07) is 7.92. The number of halogens is 2. The zero-order chi connectivity index (χ0) is 22.0. The van der Waals surface area contributed by atoms with Crippen LogP contribution in [0.4, 0.5) is 10.2 Å². The fourth-order valence-corrected chi connectivity index (χ4v) is 5.02. The molecule has 1 amide bonds. The van der Waals surface area contributed by atoms with E-state index in [1.165, 1.54) is 23.5 Å². The largest absolute Gasteiger partial charge is 0.368 e. The Labute approximate surface area is 189 Å². The van der Waals surface area contributed by atoms with Crippen molar-refractivity contribution < 1.29 is 9.18 Å². The van der Waals surface area contributed by atoms with Crippen LogP contribution in [0.25, 0.3) is 10.4 Å². The summed E-state index contributed by atoms with van der Waals surface area (Å²) in [5.74, 6) is 0.541. The topological polar surface area (TPSA) is 71.0 Å². The molecule has 1 aliphatic rings. The quantitative estimate of drug-likeness (QED) is 0.540. The Balaban J connectivity index is 1.59. The number of aryl methyl sites for hydroxylation is 1. The van der Waals surface area contributed by atoms with Crippen molar-refractivity contribution >= 4 is 34.7 Å². The smallest absolute Gasteiger partial charge is 0.274 e. The zero-order valence-electron chi connectivity index (χ0n) is 17.3. The van der Waals surface area contributed by atoms with Crippen LogP contribution in [-0.4, -0.2) is 44.9 Å². The van der Waals surface area contributed by atoms with Gasteiger partial charge in [0.1, 0.15) is 17.3 Å². The number of benzene rings is 1. The lowest BCUT2D eigenvalue weighted by Crippen LogP contribution is -2.51. The first-order valence-electron chi connectivity index (χ1n) is 10.2. The third-order valence-corrected chi connectivity index (χ3v) is 6.74. The number of nitrogens with one attached hydrogen (secondary N) is 1. The second-order valence-corrected chi connectivity index (χ2v) is 9.24. The van der Waals surface area contributed by atoms with E-state index in [2.05, 4.69) is 27.2 Å². The molecule has 1 saturated heterocycles. The lowest BCUT2D eigenvalue weighted by atomic mass is 9.90. The molecule has 2 atom stereocenters. The molecule has 0 spiro atoms. The van der Waals surface area contributed by atoms with Crippen molar-refractivity contribution in [2.45, 2.75) is 32.7 Å². The highest BCUT2D eigenvalue weighted by molar-refractivity contribution is 7.15. The minimum absolute atomic E-state index is 0.0157. The summed E-state index contributed by atoms with van der Waals surface area (Å²) in [6.07, 6.45) is 3.58. The molecule has 2 aromatic heterocycles. The molecule has 1 fully saturated rings. The maximum Gasteiger partial charge on any atom is 0.274 e. The van der Waals surface area contributed by atoms with Gasteiger partial charge in [0.25, 0.3) is 5.91 Å². The number of likely N-dealkylation sites (tertiary alicyclic amines) is 1. The molecule has 0 saturated carbocycles. The first-order chi connectivity index (χ1) is 14.9. The summed E-state index contributed by atoms with van der Waals surface area (Å²) in [5.41, 5.74) is 1.23. The number of carbonyl (C=O) groups excluding carboxylic acids is 1. The number of amides is 1. The summed E-state index contributed by atoms with van der Waals surface area (Å²) >= 11 is 7.34. The Morgan fingerprint density at radius 1 is 1.29 bits per heavy atom. The Morgan fingerprint density at radius 3 is 2.81 bits per heavy atom. The van der Waals surface area contributed by atoms with Crippen molar-refractivity contribution in [1.82, 2.24) is 19.9 Å². The normalized spacial score (nSPS) is 18.8. The molecule has 6 nitrogen and oxygen atoms in total. The van der Waals surface area contributed by atoms with E-state index in [1.54, 1.807) is 24.4 Å². The van der Waals surface area contributed by atoms with Crippen molar-refractivity contribution in [2.24, 2.45) is 5.92 Å². The van der Waals surface area contributed by atoms with Gasteiger partial charge in [-0.15, -0.1) is 11.3 Å². The third-order valence-electron chi connectivity index (χ3n) is 5.54. The number of hydrogen-bond acceptors (Lipinski definition) is 6. The van der Waals surface area contributed by atoms with E-state index in [1.807, 2.05) is 11.8 Å². The number of aromatic nitrogens is 3. The summed E-state index contributed by atoms with van der Waals surface area (Å²) in [4.78, 5) is 28.9. The molecule has 0 bridgehead atoms. The average Bonchev–Trinajstić information content (AvgIpc) is 3.14. The molecular weight excluding hydrogens is 437 g/mol. The van der Waals surface area contributed by atoms with Gasteiger partial charge in [-0.1, -0.05) is 19.1 Å². The Morgan fingerprint density at radius 2 is 2.06 bits per heavy atom. The van der Waals surface area contributed by atoms with E-state index >= 15 is 0 Å². The molecule has 0 radical (unpaired) electrons. The Bertz CT molecular complexity index is 1070. The molecule has 31 heavy (non-hydrogen) atoms. The SMILES string of the molecule is Cc1nc(C(=O)N2CCCC(C)C2CNc2ccnc(Cl)n2)c(-c2ccc(F)cc2)s1. The molecule has 1 aromatic carbocycles. The van der Waals surface area contributed by atoms with E-state index in [-0.39, 0.29) is 23.0 Å². The van der Waals surface area contributed by atoms with Gasteiger partial charge in [0.15, 0.2) is 0 Å². The van der Waals surface area contributed by atoms with Gasteiger partial charge >= 0.3 is 0 Å². The highest BCUT2D eigenvalue weighted by Crippen LogP contribution is 2.33. The van der Waals surface area contributed by atoms with Gasteiger partial charge in [-0.3, -0.25) is 4.79 Å². The van der Waals surface area contributed by atoms with Crippen molar-refractivity contribution in [3.63, 3.8) is 0 Å². The van der Waals surface area contributed by atoms with Crippen LogP contribution in [0.2, 0.25) is 5.28 Å². The first-order valence-corrected chi connectivity index (χ1v) is 11.4. The van der Waals surface area contributed by atoms with Gasteiger partial charge in [0.2, 0.25) is 5.28 Å². The maximum atomic E-state index is 13.6. The summed E-state index contributed by atoms with van der Waals surface area (Å²) in [5, 5.41) is 4.27. The Hall–Kier alpha value is -2.58. The number of thiazole rings is 1. The lowest BCUT2D eigenvalue weighted by molar-refractivity contribution is 0.0535. The van der Waals surface area contributed by atoms with E-state index in [4.69, 9.17) is 11.6 Å². The molecule has 2 unspecified atom stereocenters. The van der Waals surface area contributed by atoms with Crippen LogP contribution in [-0.2, 0) is 0 Å². The first kappa shape index (κ1) is 21.6. The van der Waals surface area contributed by atoms with E-state index in [9.17, 15) is 9.18 Å². The van der Waals surface area contributed by atoms with Crippen LogP contribution >= 0.6 is 22.9 Å². The van der Waals surface area contributed by atoms with Crippen molar-refractivity contribution in [3.05, 3.63) is 58.3 Å². The molecule has 3 heterocycles. The minimum atomic E-state index is -0.307. The van der Waals surface area contributed by atoms with Crippen LogP contribution in [0.3, 0.4) is 0 Å². The Kier molecular flexibility index (Phi) is 6.48. The fourth-order valence-electron chi connectivity index (χ4n) is 3.96. The zero-order valence-corrected chi connectivity index (χ0v) is 18.9. The third kappa shape index (κ3) is 4.85. The lowest BCUT2D eigenvalue weighted by Gasteiger charge is -2.40.